The highest BCUT2D eigenvalue weighted by Gasteiger charge is 2.31. The third-order valence-corrected chi connectivity index (χ3v) is 5.40. The number of halogens is 3. The Balaban J connectivity index is 1.50. The fourth-order valence-electron chi connectivity index (χ4n) is 3.16. The first-order valence-corrected chi connectivity index (χ1v) is 10.5. The molecule has 4 aromatic rings. The van der Waals surface area contributed by atoms with E-state index in [-0.39, 0.29) is 18.1 Å². The van der Waals surface area contributed by atoms with Crippen molar-refractivity contribution in [3.8, 4) is 5.75 Å². The van der Waals surface area contributed by atoms with Crippen LogP contribution in [0.5, 0.6) is 5.75 Å². The van der Waals surface area contributed by atoms with Gasteiger partial charge < -0.3 is 14.6 Å². The van der Waals surface area contributed by atoms with Crippen LogP contribution in [0.25, 0.3) is 11.2 Å². The molecule has 0 spiro atoms. The number of anilines is 1. The Bertz CT molecular complexity index is 1230. The average Bonchev–Trinajstić information content (AvgIpc) is 3.30. The van der Waals surface area contributed by atoms with Crippen molar-refractivity contribution in [2.75, 3.05) is 5.32 Å². The second kappa shape index (κ2) is 8.95. The number of ether oxygens (including phenoxy) is 1. The molecular weight excluding hydrogens is 443 g/mol. The van der Waals surface area contributed by atoms with Crippen molar-refractivity contribution in [1.29, 1.82) is 0 Å². The Morgan fingerprint density at radius 1 is 1.19 bits per heavy atom. The predicted molar refractivity (Wildman–Crippen MR) is 114 cm³/mol. The summed E-state index contributed by atoms with van der Waals surface area (Å²) >= 11 is 1.36. The number of benzene rings is 1. The van der Waals surface area contributed by atoms with E-state index in [0.717, 1.165) is 11.3 Å². The van der Waals surface area contributed by atoms with E-state index in [9.17, 15) is 18.0 Å². The van der Waals surface area contributed by atoms with E-state index in [2.05, 4.69) is 25.0 Å². The first-order chi connectivity index (χ1) is 15.3. The van der Waals surface area contributed by atoms with Gasteiger partial charge in [-0.1, -0.05) is 12.1 Å². The minimum Gasteiger partial charge on any atom is -0.406 e. The number of amides is 1. The highest BCUT2D eigenvalue weighted by Crippen LogP contribution is 2.24. The molecular formula is C21H18F3N5O2S. The van der Waals surface area contributed by atoms with Crippen LogP contribution in [0, 0.1) is 6.92 Å². The van der Waals surface area contributed by atoms with Crippen LogP contribution in [-0.2, 0) is 17.8 Å². The van der Waals surface area contributed by atoms with Gasteiger partial charge in [0.1, 0.15) is 17.1 Å². The number of carbonyl (C=O) groups excluding carboxylic acids is 1. The highest BCUT2D eigenvalue weighted by molar-refractivity contribution is 7.13. The zero-order valence-corrected chi connectivity index (χ0v) is 17.7. The molecule has 166 valence electrons. The van der Waals surface area contributed by atoms with E-state index in [1.54, 1.807) is 24.4 Å². The normalized spacial score (nSPS) is 11.6. The van der Waals surface area contributed by atoms with E-state index in [4.69, 9.17) is 0 Å². The Morgan fingerprint density at radius 2 is 1.97 bits per heavy atom. The quantitative estimate of drug-likeness (QED) is 0.431. The summed E-state index contributed by atoms with van der Waals surface area (Å²) in [5.41, 5.74) is 2.89. The van der Waals surface area contributed by atoms with E-state index in [1.165, 1.54) is 23.5 Å². The SMILES string of the molecule is Cc1csc(NC(=O)CCc2nc3cccnc3n2Cc2ccc(OC(F)(F)F)cc2)n1. The number of thiazole rings is 1. The van der Waals surface area contributed by atoms with Gasteiger partial charge in [0, 0.05) is 24.4 Å². The lowest BCUT2D eigenvalue weighted by Gasteiger charge is -2.11. The number of carbonyl (C=O) groups is 1. The van der Waals surface area contributed by atoms with Gasteiger partial charge in [-0.3, -0.25) is 4.79 Å². The standard InChI is InChI=1S/C21H18F3N5O2S/c1-13-12-32-20(26-13)28-18(30)9-8-17-27-16-3-2-10-25-19(16)29(17)11-14-4-6-15(7-5-14)31-21(22,23)24/h2-7,10,12H,8-9,11H2,1H3,(H,26,28,30). The molecule has 32 heavy (non-hydrogen) atoms. The van der Waals surface area contributed by atoms with Gasteiger partial charge >= 0.3 is 6.36 Å². The molecule has 0 aliphatic heterocycles. The summed E-state index contributed by atoms with van der Waals surface area (Å²) in [6, 6.07) is 9.22. The molecule has 1 aromatic carbocycles. The van der Waals surface area contributed by atoms with Gasteiger partial charge in [0.15, 0.2) is 10.8 Å². The number of aryl methyl sites for hydroxylation is 2. The van der Waals surface area contributed by atoms with Crippen LogP contribution in [0.2, 0.25) is 0 Å². The molecule has 0 unspecified atom stereocenters. The molecule has 7 nitrogen and oxygen atoms in total. The van der Waals surface area contributed by atoms with Gasteiger partial charge in [-0.15, -0.1) is 24.5 Å². The van der Waals surface area contributed by atoms with Crippen LogP contribution in [-0.4, -0.2) is 31.8 Å². The van der Waals surface area contributed by atoms with E-state index >= 15 is 0 Å². The van der Waals surface area contributed by atoms with Crippen LogP contribution in [0.15, 0.2) is 48.0 Å². The van der Waals surface area contributed by atoms with Gasteiger partial charge in [0.25, 0.3) is 0 Å². The number of imidazole rings is 1. The topological polar surface area (TPSA) is 81.9 Å². The van der Waals surface area contributed by atoms with Crippen molar-refractivity contribution < 1.29 is 22.7 Å². The number of pyridine rings is 1. The van der Waals surface area contributed by atoms with Crippen molar-refractivity contribution in [1.82, 2.24) is 19.5 Å². The number of nitrogens with zero attached hydrogens (tertiary/aromatic N) is 4. The highest BCUT2D eigenvalue weighted by atomic mass is 32.1. The van der Waals surface area contributed by atoms with E-state index in [1.807, 2.05) is 22.9 Å². The lowest BCUT2D eigenvalue weighted by molar-refractivity contribution is -0.274. The number of alkyl halides is 3. The van der Waals surface area contributed by atoms with Gasteiger partial charge in [-0.05, 0) is 36.8 Å². The summed E-state index contributed by atoms with van der Waals surface area (Å²) in [4.78, 5) is 25.5. The molecule has 11 heteroatoms. The van der Waals surface area contributed by atoms with Crippen LogP contribution in [0.1, 0.15) is 23.5 Å². The number of fused-ring (bicyclic) bond motifs is 1. The lowest BCUT2D eigenvalue weighted by atomic mass is 10.2. The zero-order valence-electron chi connectivity index (χ0n) is 16.9. The molecule has 0 atom stereocenters. The lowest BCUT2D eigenvalue weighted by Crippen LogP contribution is -2.17. The van der Waals surface area contributed by atoms with Crippen LogP contribution in [0.3, 0.4) is 0 Å². The second-order valence-corrected chi connectivity index (χ2v) is 7.85. The van der Waals surface area contributed by atoms with Gasteiger partial charge in [0.2, 0.25) is 5.91 Å². The van der Waals surface area contributed by atoms with Crippen molar-refractivity contribution in [2.24, 2.45) is 0 Å². The minimum atomic E-state index is -4.74. The molecule has 0 fully saturated rings. The predicted octanol–water partition coefficient (Wildman–Crippen LogP) is 4.71. The molecule has 0 aliphatic carbocycles. The molecule has 0 aliphatic rings. The molecule has 1 N–H and O–H groups in total. The largest absolute Gasteiger partial charge is 0.573 e. The average molecular weight is 461 g/mol. The fourth-order valence-corrected chi connectivity index (χ4v) is 3.86. The van der Waals surface area contributed by atoms with Crippen LogP contribution >= 0.6 is 11.3 Å². The Hall–Kier alpha value is -3.47. The molecule has 0 saturated carbocycles. The number of nitrogens with one attached hydrogen (secondary N) is 1. The molecule has 1 amide bonds. The smallest absolute Gasteiger partial charge is 0.406 e. The summed E-state index contributed by atoms with van der Waals surface area (Å²) in [6.45, 7) is 2.19. The summed E-state index contributed by atoms with van der Waals surface area (Å²) in [5, 5.41) is 5.17. The molecule has 3 aromatic heterocycles. The molecule has 0 radical (unpaired) electrons. The van der Waals surface area contributed by atoms with Crippen LogP contribution < -0.4 is 10.1 Å². The zero-order chi connectivity index (χ0) is 22.7. The number of hydrogen-bond acceptors (Lipinski definition) is 6. The number of rotatable bonds is 7. The van der Waals surface area contributed by atoms with Gasteiger partial charge in [-0.2, -0.15) is 0 Å². The number of aromatic nitrogens is 4. The molecule has 0 saturated heterocycles. The van der Waals surface area contributed by atoms with E-state index in [0.29, 0.717) is 35.1 Å². The maximum Gasteiger partial charge on any atom is 0.573 e. The Kier molecular flexibility index (Phi) is 6.08. The fraction of sp³-hybridized carbons (Fsp3) is 0.238. The maximum absolute atomic E-state index is 12.4. The molecule has 4 rings (SSSR count). The summed E-state index contributed by atoms with van der Waals surface area (Å²) < 4.78 is 42.9. The third kappa shape index (κ3) is 5.41. The Morgan fingerprint density at radius 3 is 2.66 bits per heavy atom. The van der Waals surface area contributed by atoms with E-state index < -0.39 is 6.36 Å². The first kappa shape index (κ1) is 21.8. The minimum absolute atomic E-state index is 0.181. The second-order valence-electron chi connectivity index (χ2n) is 6.99. The van der Waals surface area contributed by atoms with Crippen molar-refractivity contribution >= 4 is 33.5 Å². The van der Waals surface area contributed by atoms with Gasteiger partial charge in [-0.25, -0.2) is 15.0 Å². The molecule has 3 heterocycles. The van der Waals surface area contributed by atoms with Gasteiger partial charge in [0.05, 0.1) is 12.2 Å². The molecule has 0 bridgehead atoms. The van der Waals surface area contributed by atoms with Crippen LogP contribution in [0.4, 0.5) is 18.3 Å². The third-order valence-electron chi connectivity index (χ3n) is 4.52. The maximum atomic E-state index is 12.4. The monoisotopic (exact) mass is 461 g/mol. The summed E-state index contributed by atoms with van der Waals surface area (Å²) in [7, 11) is 0. The van der Waals surface area contributed by atoms with Crippen molar-refractivity contribution in [2.45, 2.75) is 32.7 Å². The Labute approximate surface area is 184 Å². The summed E-state index contributed by atoms with van der Waals surface area (Å²) in [6.07, 6.45) is -2.54. The van der Waals surface area contributed by atoms with Crippen molar-refractivity contribution in [3.63, 3.8) is 0 Å². The van der Waals surface area contributed by atoms with Crippen molar-refractivity contribution in [3.05, 3.63) is 65.1 Å². The number of hydrogen-bond donors (Lipinski definition) is 1. The summed E-state index contributed by atoms with van der Waals surface area (Å²) in [5.74, 6) is 0.184. The first-order valence-electron chi connectivity index (χ1n) is 9.63.